The lowest BCUT2D eigenvalue weighted by molar-refractivity contribution is 0.701. The van der Waals surface area contributed by atoms with Crippen LogP contribution in [0.3, 0.4) is 0 Å². The molecule has 2 aromatic carbocycles. The Hall–Kier alpha value is -1.10. The Balaban J connectivity index is 1.93. The average molecular weight is 274 g/mol. The summed E-state index contributed by atoms with van der Waals surface area (Å²) in [7, 11) is 0. The molecule has 2 atom stereocenters. The van der Waals surface area contributed by atoms with E-state index in [0.29, 0.717) is 0 Å². The van der Waals surface area contributed by atoms with Gasteiger partial charge in [0.1, 0.15) is 10.1 Å². The van der Waals surface area contributed by atoms with E-state index in [1.807, 2.05) is 12.1 Å². The molecule has 1 heterocycles. The minimum atomic E-state index is 0.121. The summed E-state index contributed by atoms with van der Waals surface area (Å²) < 4.78 is 0.121. The molecule has 0 saturated carbocycles. The second-order valence-corrected chi connectivity index (χ2v) is 6.14. The molecule has 92 valence electrons. The second-order valence-electron chi connectivity index (χ2n) is 4.09. The monoisotopic (exact) mass is 274 g/mol. The summed E-state index contributed by atoms with van der Waals surface area (Å²) in [6.07, 6.45) is 0. The van der Waals surface area contributed by atoms with Gasteiger partial charge >= 0.3 is 0 Å². The van der Waals surface area contributed by atoms with Gasteiger partial charge in [0.25, 0.3) is 0 Å². The number of hydrogen-bond donors (Lipinski definition) is 2. The van der Waals surface area contributed by atoms with Crippen LogP contribution in [0.5, 0.6) is 0 Å². The van der Waals surface area contributed by atoms with Gasteiger partial charge in [-0.15, -0.1) is 12.6 Å². The maximum Gasteiger partial charge on any atom is 0.118 e. The highest BCUT2D eigenvalue weighted by Crippen LogP contribution is 2.42. The van der Waals surface area contributed by atoms with E-state index in [4.69, 9.17) is 0 Å². The number of anilines is 1. The first-order valence-corrected chi connectivity index (χ1v) is 7.29. The molecule has 2 unspecified atom stereocenters. The zero-order valence-corrected chi connectivity index (χ0v) is 11.4. The fraction of sp³-hybridized carbons (Fsp3) is 0.143. The summed E-state index contributed by atoms with van der Waals surface area (Å²) in [5, 5.41) is 2.44. The van der Waals surface area contributed by atoms with Crippen molar-refractivity contribution in [3.63, 3.8) is 0 Å². The van der Waals surface area contributed by atoms with Gasteiger partial charge in [0.05, 0.1) is 5.69 Å². The Bertz CT molecular complexity index is 456. The summed E-state index contributed by atoms with van der Waals surface area (Å²) in [5.41, 5.74) is 5.83. The van der Waals surface area contributed by atoms with Gasteiger partial charge in [-0.1, -0.05) is 60.3 Å². The Morgan fingerprint density at radius 2 is 1.56 bits per heavy atom. The maximum absolute atomic E-state index is 4.52. The molecule has 1 saturated heterocycles. The van der Waals surface area contributed by atoms with Crippen LogP contribution in [0.2, 0.25) is 0 Å². The number of rotatable bonds is 2. The first-order valence-electron chi connectivity index (χ1n) is 5.83. The van der Waals surface area contributed by atoms with E-state index in [0.717, 1.165) is 5.69 Å². The zero-order chi connectivity index (χ0) is 12.4. The van der Waals surface area contributed by atoms with Gasteiger partial charge in [-0.2, -0.15) is 0 Å². The Morgan fingerprint density at radius 3 is 2.22 bits per heavy atom. The lowest BCUT2D eigenvalue weighted by Crippen LogP contribution is -2.34. The Labute approximate surface area is 117 Å². The lowest BCUT2D eigenvalue weighted by Gasteiger charge is -2.25. The molecule has 1 aliphatic rings. The molecule has 0 spiro atoms. The molecule has 1 aliphatic heterocycles. The molecule has 18 heavy (non-hydrogen) atoms. The van der Waals surface area contributed by atoms with Crippen LogP contribution >= 0.6 is 24.4 Å². The van der Waals surface area contributed by atoms with Crippen molar-refractivity contribution in [3.05, 3.63) is 66.2 Å². The van der Waals surface area contributed by atoms with Gasteiger partial charge in [-0.05, 0) is 17.7 Å². The normalized spacial score (nSPS) is 23.3. The number of nitrogens with zero attached hydrogens (tertiary/aromatic N) is 1. The Morgan fingerprint density at radius 1 is 0.944 bits per heavy atom. The van der Waals surface area contributed by atoms with Crippen molar-refractivity contribution >= 4 is 30.1 Å². The molecule has 1 N–H and O–H groups in total. The molecule has 0 bridgehead atoms. The van der Waals surface area contributed by atoms with Crippen LogP contribution in [0, 0.1) is 0 Å². The molecular weight excluding hydrogens is 260 g/mol. The highest BCUT2D eigenvalue weighted by Gasteiger charge is 2.31. The van der Waals surface area contributed by atoms with Crippen molar-refractivity contribution in [2.24, 2.45) is 0 Å². The quantitative estimate of drug-likeness (QED) is 0.813. The second kappa shape index (κ2) is 5.26. The maximum atomic E-state index is 4.52. The zero-order valence-electron chi connectivity index (χ0n) is 9.73. The van der Waals surface area contributed by atoms with Crippen molar-refractivity contribution in [1.82, 2.24) is 5.43 Å². The van der Waals surface area contributed by atoms with Gasteiger partial charge in [0.15, 0.2) is 0 Å². The summed E-state index contributed by atoms with van der Waals surface area (Å²) in [5.74, 6) is 0. The molecule has 0 radical (unpaired) electrons. The number of benzene rings is 2. The predicted molar refractivity (Wildman–Crippen MR) is 81.6 cm³/mol. The number of hydrazine groups is 1. The minimum absolute atomic E-state index is 0.121. The van der Waals surface area contributed by atoms with E-state index in [9.17, 15) is 0 Å². The number of nitrogens with one attached hydrogen (secondary N) is 1. The predicted octanol–water partition coefficient (Wildman–Crippen LogP) is 3.66. The van der Waals surface area contributed by atoms with Crippen LogP contribution in [-0.2, 0) is 0 Å². The molecule has 3 rings (SSSR count). The van der Waals surface area contributed by atoms with Crippen LogP contribution in [0.25, 0.3) is 0 Å². The third kappa shape index (κ3) is 2.36. The van der Waals surface area contributed by atoms with E-state index in [1.165, 1.54) is 5.56 Å². The van der Waals surface area contributed by atoms with E-state index < -0.39 is 0 Å². The van der Waals surface area contributed by atoms with E-state index in [2.05, 4.69) is 71.6 Å². The van der Waals surface area contributed by atoms with Gasteiger partial charge < -0.3 is 0 Å². The fourth-order valence-corrected chi connectivity index (χ4v) is 3.55. The molecule has 1 fully saturated rings. The van der Waals surface area contributed by atoms with E-state index in [1.54, 1.807) is 11.8 Å². The summed E-state index contributed by atoms with van der Waals surface area (Å²) in [6.45, 7) is 0. The van der Waals surface area contributed by atoms with Crippen LogP contribution in [0.15, 0.2) is 60.7 Å². The molecule has 2 aromatic rings. The third-order valence-corrected chi connectivity index (χ3v) is 4.45. The smallest absolute Gasteiger partial charge is 0.118 e. The number of thiol groups is 1. The van der Waals surface area contributed by atoms with E-state index >= 15 is 0 Å². The molecule has 0 aromatic heterocycles. The number of thioether (sulfide) groups is 1. The third-order valence-electron chi connectivity index (χ3n) is 2.86. The van der Waals surface area contributed by atoms with Gasteiger partial charge in [0, 0.05) is 0 Å². The average Bonchev–Trinajstić information content (AvgIpc) is 2.83. The SMILES string of the molecule is SC1NN(c2ccccc2)C(c2ccccc2)S1. The van der Waals surface area contributed by atoms with Crippen LogP contribution in [0.1, 0.15) is 10.9 Å². The fourth-order valence-electron chi connectivity index (χ4n) is 2.04. The van der Waals surface area contributed by atoms with Crippen molar-refractivity contribution in [3.8, 4) is 0 Å². The molecular formula is C14H14N2S2. The summed E-state index contributed by atoms with van der Waals surface area (Å²) >= 11 is 6.32. The largest absolute Gasteiger partial charge is 0.289 e. The summed E-state index contributed by atoms with van der Waals surface area (Å²) in [4.78, 5) is 0. The van der Waals surface area contributed by atoms with E-state index in [-0.39, 0.29) is 10.1 Å². The van der Waals surface area contributed by atoms with Gasteiger partial charge in [-0.25, -0.2) is 5.43 Å². The highest BCUT2D eigenvalue weighted by atomic mass is 32.2. The molecule has 0 aliphatic carbocycles. The number of hydrogen-bond acceptors (Lipinski definition) is 4. The van der Waals surface area contributed by atoms with Gasteiger partial charge in [0.2, 0.25) is 0 Å². The molecule has 0 amide bonds. The highest BCUT2D eigenvalue weighted by molar-refractivity contribution is 8.10. The molecule has 2 nitrogen and oxygen atoms in total. The topological polar surface area (TPSA) is 15.3 Å². The Kier molecular flexibility index (Phi) is 3.50. The van der Waals surface area contributed by atoms with Crippen molar-refractivity contribution in [2.75, 3.05) is 5.01 Å². The summed E-state index contributed by atoms with van der Waals surface area (Å²) in [6, 6.07) is 20.8. The number of para-hydroxylation sites is 1. The first kappa shape index (κ1) is 12.0. The standard InChI is InChI=1S/C14H14N2S2/c17-14-15-16(12-9-5-2-6-10-12)13(18-14)11-7-3-1-4-8-11/h1-10,13-15,17H. The minimum Gasteiger partial charge on any atom is -0.289 e. The molecule has 4 heteroatoms. The van der Waals surface area contributed by atoms with Crippen LogP contribution < -0.4 is 10.4 Å². The van der Waals surface area contributed by atoms with Gasteiger partial charge in [-0.3, -0.25) is 5.01 Å². The van der Waals surface area contributed by atoms with Crippen LogP contribution in [0.4, 0.5) is 5.69 Å². The van der Waals surface area contributed by atoms with Crippen LogP contribution in [-0.4, -0.2) is 4.71 Å². The lowest BCUT2D eigenvalue weighted by atomic mass is 10.2. The van der Waals surface area contributed by atoms with Crippen molar-refractivity contribution in [1.29, 1.82) is 0 Å². The van der Waals surface area contributed by atoms with Crippen molar-refractivity contribution < 1.29 is 0 Å². The van der Waals surface area contributed by atoms with Crippen molar-refractivity contribution in [2.45, 2.75) is 10.1 Å². The first-order chi connectivity index (χ1) is 8.84.